The highest BCUT2D eigenvalue weighted by molar-refractivity contribution is 6.21. The number of piperidine rings is 1. The van der Waals surface area contributed by atoms with Gasteiger partial charge < -0.3 is 15.7 Å². The summed E-state index contributed by atoms with van der Waals surface area (Å²) in [5.74, 6) is -0.708. The Morgan fingerprint density at radius 3 is 2.54 bits per heavy atom. The number of carbonyl (C=O) groups excluding carboxylic acids is 1. The van der Waals surface area contributed by atoms with Crippen LogP contribution >= 0.6 is 0 Å². The summed E-state index contributed by atoms with van der Waals surface area (Å²) in [6.45, 7) is 12.3. The lowest BCUT2D eigenvalue weighted by Crippen LogP contribution is -2.35. The van der Waals surface area contributed by atoms with Gasteiger partial charge in [-0.15, -0.1) is 0 Å². The number of hydrogen-bond donors (Lipinski definition) is 3. The van der Waals surface area contributed by atoms with Gasteiger partial charge in [0.25, 0.3) is 5.91 Å². The predicted molar refractivity (Wildman–Crippen MR) is 165 cm³/mol. The van der Waals surface area contributed by atoms with Crippen molar-refractivity contribution in [3.63, 3.8) is 0 Å². The standard InChI is InChI=1S/C34H37FN4O2/c1-5-28(12-10-23(2)30-8-6-7-9-32(30)35)38-34(41)24(3)31-19-26(11-13-33(31)36-4)27-18-25(20-37-21-27)22-39-16-14-29(40)15-17-39/h5-13,18-21,29,36,40H,2-3,14-17,22H2,1,4H3,(H,38,41)/b12-10-,28-5+. The third kappa shape index (κ3) is 7.66. The number of nitrogens with zero attached hydrogens (tertiary/aromatic N) is 2. The van der Waals surface area contributed by atoms with Crippen molar-refractivity contribution in [2.45, 2.75) is 32.4 Å². The summed E-state index contributed by atoms with van der Waals surface area (Å²) in [6.07, 6.45) is 10.2. The predicted octanol–water partition coefficient (Wildman–Crippen LogP) is 6.19. The maximum atomic E-state index is 14.1. The van der Waals surface area contributed by atoms with Crippen LogP contribution in [0.3, 0.4) is 0 Å². The number of rotatable bonds is 10. The van der Waals surface area contributed by atoms with Crippen molar-refractivity contribution in [3.05, 3.63) is 121 Å². The molecule has 2 aromatic carbocycles. The van der Waals surface area contributed by atoms with E-state index >= 15 is 0 Å². The van der Waals surface area contributed by atoms with E-state index in [4.69, 9.17) is 0 Å². The van der Waals surface area contributed by atoms with Gasteiger partial charge in [0.1, 0.15) is 5.82 Å². The van der Waals surface area contributed by atoms with Crippen LogP contribution in [0.1, 0.15) is 36.5 Å². The molecule has 1 aliphatic heterocycles. The smallest absolute Gasteiger partial charge is 0.255 e. The van der Waals surface area contributed by atoms with Crippen LogP contribution < -0.4 is 10.6 Å². The monoisotopic (exact) mass is 552 g/mol. The van der Waals surface area contributed by atoms with Gasteiger partial charge in [-0.2, -0.15) is 0 Å². The first-order chi connectivity index (χ1) is 19.8. The lowest BCUT2D eigenvalue weighted by Gasteiger charge is -2.29. The van der Waals surface area contributed by atoms with Gasteiger partial charge in [0, 0.05) is 72.7 Å². The Morgan fingerprint density at radius 1 is 1.07 bits per heavy atom. The minimum atomic E-state index is -0.355. The molecule has 0 saturated carbocycles. The summed E-state index contributed by atoms with van der Waals surface area (Å²) < 4.78 is 14.1. The summed E-state index contributed by atoms with van der Waals surface area (Å²) in [5, 5.41) is 15.8. The van der Waals surface area contributed by atoms with Crippen molar-refractivity contribution in [3.8, 4) is 11.1 Å². The number of allylic oxidation sites excluding steroid dienone is 4. The zero-order chi connectivity index (χ0) is 29.4. The van der Waals surface area contributed by atoms with Gasteiger partial charge in [0.15, 0.2) is 0 Å². The normalized spacial score (nSPS) is 14.7. The summed E-state index contributed by atoms with van der Waals surface area (Å²) in [7, 11) is 1.80. The molecule has 0 spiro atoms. The second kappa shape index (κ2) is 13.8. The average Bonchev–Trinajstić information content (AvgIpc) is 2.99. The number of nitrogens with one attached hydrogen (secondary N) is 2. The number of aliphatic hydroxyl groups excluding tert-OH is 1. The van der Waals surface area contributed by atoms with Crippen LogP contribution in [0.2, 0.25) is 0 Å². The Hall–Kier alpha value is -4.33. The van der Waals surface area contributed by atoms with E-state index in [0.717, 1.165) is 54.9 Å². The Balaban J connectivity index is 1.49. The summed E-state index contributed by atoms with van der Waals surface area (Å²) in [5.41, 5.74) is 6.14. The minimum Gasteiger partial charge on any atom is -0.393 e. The molecule has 7 heteroatoms. The van der Waals surface area contributed by atoms with E-state index in [0.29, 0.717) is 28.0 Å². The molecule has 1 aliphatic rings. The van der Waals surface area contributed by atoms with E-state index in [-0.39, 0.29) is 17.8 Å². The van der Waals surface area contributed by atoms with Gasteiger partial charge >= 0.3 is 0 Å². The molecule has 1 saturated heterocycles. The fourth-order valence-electron chi connectivity index (χ4n) is 4.80. The molecular weight excluding hydrogens is 515 g/mol. The van der Waals surface area contributed by atoms with Crippen LogP contribution in [0.15, 0.2) is 98.0 Å². The molecule has 3 N–H and O–H groups in total. The van der Waals surface area contributed by atoms with Gasteiger partial charge in [-0.05, 0) is 66.8 Å². The zero-order valence-corrected chi connectivity index (χ0v) is 23.7. The number of pyridine rings is 1. The SMILES string of the molecule is C=C(/C=C\C(=C/C)NC(=O)C(=C)c1cc(-c2cncc(CN3CCC(O)CC3)c2)ccc1NC)c1ccccc1F. The van der Waals surface area contributed by atoms with E-state index in [9.17, 15) is 14.3 Å². The van der Waals surface area contributed by atoms with E-state index in [1.165, 1.54) is 6.07 Å². The highest BCUT2D eigenvalue weighted by Gasteiger charge is 2.18. The van der Waals surface area contributed by atoms with Crippen LogP contribution in [-0.2, 0) is 11.3 Å². The number of carbonyl (C=O) groups is 1. The molecule has 0 aliphatic carbocycles. The van der Waals surface area contributed by atoms with Crippen LogP contribution in [0.5, 0.6) is 0 Å². The number of halogens is 1. The van der Waals surface area contributed by atoms with Crippen molar-refractivity contribution in [2.75, 3.05) is 25.5 Å². The van der Waals surface area contributed by atoms with E-state index in [1.807, 2.05) is 30.6 Å². The fourth-order valence-corrected chi connectivity index (χ4v) is 4.80. The Kier molecular flexibility index (Phi) is 10.0. The van der Waals surface area contributed by atoms with Gasteiger partial charge in [-0.1, -0.05) is 49.6 Å². The first kappa shape index (κ1) is 29.6. The lowest BCUT2D eigenvalue weighted by molar-refractivity contribution is -0.114. The van der Waals surface area contributed by atoms with E-state index in [2.05, 4.69) is 39.7 Å². The zero-order valence-electron chi connectivity index (χ0n) is 23.7. The van der Waals surface area contributed by atoms with Crippen LogP contribution in [0.4, 0.5) is 10.1 Å². The van der Waals surface area contributed by atoms with Gasteiger partial charge in [-0.3, -0.25) is 14.7 Å². The van der Waals surface area contributed by atoms with E-state index < -0.39 is 0 Å². The summed E-state index contributed by atoms with van der Waals surface area (Å²) >= 11 is 0. The van der Waals surface area contributed by atoms with Crippen LogP contribution in [0.25, 0.3) is 22.3 Å². The lowest BCUT2D eigenvalue weighted by atomic mass is 9.97. The van der Waals surface area contributed by atoms with Gasteiger partial charge in [0.05, 0.1) is 6.10 Å². The minimum absolute atomic E-state index is 0.205. The maximum absolute atomic E-state index is 14.1. The molecule has 3 aromatic rings. The van der Waals surface area contributed by atoms with Crippen molar-refractivity contribution in [2.24, 2.45) is 0 Å². The van der Waals surface area contributed by atoms with Crippen molar-refractivity contribution < 1.29 is 14.3 Å². The second-order valence-corrected chi connectivity index (χ2v) is 10.1. The summed E-state index contributed by atoms with van der Waals surface area (Å²) in [6, 6.07) is 14.4. The van der Waals surface area contributed by atoms with Gasteiger partial charge in [-0.25, -0.2) is 4.39 Å². The van der Waals surface area contributed by atoms with Crippen molar-refractivity contribution >= 4 is 22.7 Å². The van der Waals surface area contributed by atoms with Crippen LogP contribution in [0, 0.1) is 5.82 Å². The Bertz CT molecular complexity index is 1490. The molecule has 6 nitrogen and oxygen atoms in total. The Labute approximate surface area is 241 Å². The van der Waals surface area contributed by atoms with Crippen LogP contribution in [-0.4, -0.2) is 47.1 Å². The third-order valence-corrected chi connectivity index (χ3v) is 7.23. The number of hydrogen-bond acceptors (Lipinski definition) is 5. The number of aliphatic hydroxyl groups is 1. The number of benzene rings is 2. The molecule has 0 bridgehead atoms. The number of aromatic nitrogens is 1. The molecule has 1 fully saturated rings. The highest BCUT2D eigenvalue weighted by Crippen LogP contribution is 2.30. The maximum Gasteiger partial charge on any atom is 0.255 e. The second-order valence-electron chi connectivity index (χ2n) is 10.1. The molecule has 2 heterocycles. The fraction of sp³-hybridized carbons (Fsp3) is 0.235. The topological polar surface area (TPSA) is 77.5 Å². The summed E-state index contributed by atoms with van der Waals surface area (Å²) in [4.78, 5) is 20.1. The number of likely N-dealkylation sites (tertiary alicyclic amines) is 1. The molecule has 0 atom stereocenters. The molecule has 1 amide bonds. The molecule has 4 rings (SSSR count). The molecular formula is C34H37FN4O2. The average molecular weight is 553 g/mol. The third-order valence-electron chi connectivity index (χ3n) is 7.23. The largest absolute Gasteiger partial charge is 0.393 e. The van der Waals surface area contributed by atoms with Crippen molar-refractivity contribution in [1.82, 2.24) is 15.2 Å². The molecule has 0 unspecified atom stereocenters. The van der Waals surface area contributed by atoms with Crippen molar-refractivity contribution in [1.29, 1.82) is 0 Å². The molecule has 212 valence electrons. The highest BCUT2D eigenvalue weighted by atomic mass is 19.1. The van der Waals surface area contributed by atoms with E-state index in [1.54, 1.807) is 50.4 Å². The molecule has 41 heavy (non-hydrogen) atoms. The number of anilines is 1. The molecule has 1 aromatic heterocycles. The quantitative estimate of drug-likeness (QED) is 0.207. The first-order valence-electron chi connectivity index (χ1n) is 13.7. The first-order valence-corrected chi connectivity index (χ1v) is 13.7. The number of amides is 1. The van der Waals surface area contributed by atoms with Gasteiger partial charge in [0.2, 0.25) is 0 Å². The Morgan fingerprint density at radius 2 is 1.83 bits per heavy atom. The molecule has 0 radical (unpaired) electrons.